The summed E-state index contributed by atoms with van der Waals surface area (Å²) in [4.78, 5) is 0. The van der Waals surface area contributed by atoms with E-state index in [0.29, 0.717) is 5.41 Å². The van der Waals surface area contributed by atoms with Crippen molar-refractivity contribution < 1.29 is 4.74 Å². The molecule has 1 heterocycles. The summed E-state index contributed by atoms with van der Waals surface area (Å²) in [5.41, 5.74) is 0.674. The maximum atomic E-state index is 5.38. The van der Waals surface area contributed by atoms with Crippen molar-refractivity contribution in [2.24, 2.45) is 5.41 Å². The summed E-state index contributed by atoms with van der Waals surface area (Å²) < 4.78 is 5.38. The lowest BCUT2D eigenvalue weighted by atomic mass is 9.66. The first-order chi connectivity index (χ1) is 7.35. The zero-order valence-corrected chi connectivity index (χ0v) is 10.1. The van der Waals surface area contributed by atoms with Gasteiger partial charge in [0, 0.05) is 25.8 Å². The van der Waals surface area contributed by atoms with Crippen molar-refractivity contribution >= 4 is 0 Å². The Morgan fingerprint density at radius 1 is 1.27 bits per heavy atom. The molecule has 0 amide bonds. The van der Waals surface area contributed by atoms with Gasteiger partial charge in [-0.15, -0.1) is 0 Å². The van der Waals surface area contributed by atoms with Gasteiger partial charge in [0.25, 0.3) is 0 Å². The molecule has 0 radical (unpaired) electrons. The van der Waals surface area contributed by atoms with Crippen molar-refractivity contribution in [3.8, 4) is 0 Å². The number of hydrogen-bond acceptors (Lipinski definition) is 2. The normalized spacial score (nSPS) is 26.2. The van der Waals surface area contributed by atoms with Crippen LogP contribution in [0.2, 0.25) is 0 Å². The van der Waals surface area contributed by atoms with Gasteiger partial charge < -0.3 is 10.1 Å². The van der Waals surface area contributed by atoms with E-state index in [1.807, 2.05) is 0 Å². The first-order valence-corrected chi connectivity index (χ1v) is 6.66. The Labute approximate surface area is 93.8 Å². The van der Waals surface area contributed by atoms with E-state index in [0.717, 1.165) is 19.3 Å². The molecule has 1 saturated heterocycles. The summed E-state index contributed by atoms with van der Waals surface area (Å²) in [7, 11) is 0. The summed E-state index contributed by atoms with van der Waals surface area (Å²) >= 11 is 0. The molecule has 1 saturated carbocycles. The minimum atomic E-state index is 0.674. The van der Waals surface area contributed by atoms with Gasteiger partial charge in [0.05, 0.1) is 0 Å². The fourth-order valence-electron chi connectivity index (χ4n) is 2.98. The highest BCUT2D eigenvalue weighted by molar-refractivity contribution is 4.90. The monoisotopic (exact) mass is 211 g/mol. The van der Waals surface area contributed by atoms with E-state index >= 15 is 0 Å². The second kappa shape index (κ2) is 5.31. The summed E-state index contributed by atoms with van der Waals surface area (Å²) in [5, 5.41) is 3.77. The number of nitrogens with one attached hydrogen (secondary N) is 1. The van der Waals surface area contributed by atoms with Gasteiger partial charge in [0.15, 0.2) is 0 Å². The molecule has 2 fully saturated rings. The second-order valence-electron chi connectivity index (χ2n) is 5.37. The van der Waals surface area contributed by atoms with Crippen molar-refractivity contribution in [2.45, 2.75) is 57.9 Å². The predicted octanol–water partition coefficient (Wildman–Crippen LogP) is 2.73. The zero-order valence-electron chi connectivity index (χ0n) is 10.1. The molecule has 2 aliphatic rings. The Balaban J connectivity index is 1.70. The highest BCUT2D eigenvalue weighted by atomic mass is 16.5. The quantitative estimate of drug-likeness (QED) is 0.755. The van der Waals surface area contributed by atoms with Crippen LogP contribution in [0.15, 0.2) is 0 Å². The summed E-state index contributed by atoms with van der Waals surface area (Å²) in [5.74, 6) is 0. The summed E-state index contributed by atoms with van der Waals surface area (Å²) in [6.07, 6.45) is 9.55. The first-order valence-electron chi connectivity index (χ1n) is 6.66. The smallest absolute Gasteiger partial charge is 0.0480 e. The summed E-state index contributed by atoms with van der Waals surface area (Å²) in [6, 6.07) is 0.730. The summed E-state index contributed by atoms with van der Waals surface area (Å²) in [6.45, 7) is 5.48. The first kappa shape index (κ1) is 11.4. The molecule has 2 rings (SSSR count). The fourth-order valence-corrected chi connectivity index (χ4v) is 2.98. The highest BCUT2D eigenvalue weighted by Crippen LogP contribution is 2.44. The standard InChI is InChI=1S/C13H25NO/c1-2-6-13(7-3-8-13)11-14-12-4-9-15-10-5-12/h12,14H,2-11H2,1H3. The fraction of sp³-hybridized carbons (Fsp3) is 1.00. The Hall–Kier alpha value is -0.0800. The Morgan fingerprint density at radius 2 is 2.00 bits per heavy atom. The van der Waals surface area contributed by atoms with Crippen LogP contribution in [0.1, 0.15) is 51.9 Å². The molecule has 0 aromatic carbocycles. The maximum absolute atomic E-state index is 5.38. The number of ether oxygens (including phenoxy) is 1. The van der Waals surface area contributed by atoms with Crippen LogP contribution in [0.3, 0.4) is 0 Å². The van der Waals surface area contributed by atoms with E-state index in [9.17, 15) is 0 Å². The van der Waals surface area contributed by atoms with Crippen LogP contribution in [0.25, 0.3) is 0 Å². The SMILES string of the molecule is CCCC1(CNC2CCOCC2)CCC1. The van der Waals surface area contributed by atoms with Crippen molar-refractivity contribution in [1.29, 1.82) is 0 Å². The molecule has 2 heteroatoms. The maximum Gasteiger partial charge on any atom is 0.0480 e. The van der Waals surface area contributed by atoms with E-state index < -0.39 is 0 Å². The third kappa shape index (κ3) is 2.94. The van der Waals surface area contributed by atoms with Gasteiger partial charge in [-0.2, -0.15) is 0 Å². The number of rotatable bonds is 5. The van der Waals surface area contributed by atoms with Crippen molar-refractivity contribution in [3.63, 3.8) is 0 Å². The van der Waals surface area contributed by atoms with Gasteiger partial charge in [0.2, 0.25) is 0 Å². The molecule has 0 atom stereocenters. The van der Waals surface area contributed by atoms with Crippen LogP contribution in [0.4, 0.5) is 0 Å². The van der Waals surface area contributed by atoms with Gasteiger partial charge in [-0.05, 0) is 37.5 Å². The van der Waals surface area contributed by atoms with E-state index in [-0.39, 0.29) is 0 Å². The zero-order chi connectivity index (χ0) is 10.6. The second-order valence-corrected chi connectivity index (χ2v) is 5.37. The van der Waals surface area contributed by atoms with Crippen molar-refractivity contribution in [3.05, 3.63) is 0 Å². The topological polar surface area (TPSA) is 21.3 Å². The van der Waals surface area contributed by atoms with Gasteiger partial charge in [-0.3, -0.25) is 0 Å². The van der Waals surface area contributed by atoms with Crippen LogP contribution in [-0.4, -0.2) is 25.8 Å². The third-order valence-electron chi connectivity index (χ3n) is 4.18. The molecule has 1 aliphatic carbocycles. The average molecular weight is 211 g/mol. The molecular weight excluding hydrogens is 186 g/mol. The highest BCUT2D eigenvalue weighted by Gasteiger charge is 2.36. The minimum Gasteiger partial charge on any atom is -0.381 e. The van der Waals surface area contributed by atoms with Gasteiger partial charge in [0.1, 0.15) is 0 Å². The molecule has 1 N–H and O–H groups in total. The van der Waals surface area contributed by atoms with Crippen LogP contribution >= 0.6 is 0 Å². The van der Waals surface area contributed by atoms with E-state index in [1.54, 1.807) is 0 Å². The van der Waals surface area contributed by atoms with Crippen LogP contribution in [0, 0.1) is 5.41 Å². The predicted molar refractivity (Wildman–Crippen MR) is 63.0 cm³/mol. The van der Waals surface area contributed by atoms with Gasteiger partial charge in [-0.1, -0.05) is 19.8 Å². The molecule has 0 spiro atoms. The Bertz CT molecular complexity index is 183. The van der Waals surface area contributed by atoms with E-state index in [4.69, 9.17) is 4.74 Å². The van der Waals surface area contributed by atoms with Gasteiger partial charge in [-0.25, -0.2) is 0 Å². The number of hydrogen-bond donors (Lipinski definition) is 1. The third-order valence-corrected chi connectivity index (χ3v) is 4.18. The van der Waals surface area contributed by atoms with Crippen LogP contribution in [-0.2, 0) is 4.74 Å². The van der Waals surface area contributed by atoms with Crippen molar-refractivity contribution in [2.75, 3.05) is 19.8 Å². The van der Waals surface area contributed by atoms with Crippen molar-refractivity contribution in [1.82, 2.24) is 5.32 Å². The molecule has 0 bridgehead atoms. The average Bonchev–Trinajstić information content (AvgIpc) is 2.23. The van der Waals surface area contributed by atoms with Crippen LogP contribution in [0.5, 0.6) is 0 Å². The van der Waals surface area contributed by atoms with E-state index in [2.05, 4.69) is 12.2 Å². The van der Waals surface area contributed by atoms with Crippen LogP contribution < -0.4 is 5.32 Å². The van der Waals surface area contributed by atoms with Gasteiger partial charge >= 0.3 is 0 Å². The Kier molecular flexibility index (Phi) is 4.04. The minimum absolute atomic E-state index is 0.674. The lowest BCUT2D eigenvalue weighted by Crippen LogP contribution is -2.45. The molecule has 1 aliphatic heterocycles. The lowest BCUT2D eigenvalue weighted by Gasteiger charge is -2.43. The molecule has 88 valence electrons. The molecule has 0 aromatic rings. The molecule has 15 heavy (non-hydrogen) atoms. The molecule has 2 nitrogen and oxygen atoms in total. The lowest BCUT2D eigenvalue weighted by molar-refractivity contribution is 0.0620. The van der Waals surface area contributed by atoms with E-state index in [1.165, 1.54) is 51.5 Å². The molecule has 0 unspecified atom stereocenters. The molecule has 0 aromatic heterocycles. The molecular formula is C13H25NO. The largest absolute Gasteiger partial charge is 0.381 e. The Morgan fingerprint density at radius 3 is 2.53 bits per heavy atom.